The van der Waals surface area contributed by atoms with Crippen molar-refractivity contribution in [2.24, 2.45) is 0 Å². The Morgan fingerprint density at radius 3 is 0.879 bits per heavy atom. The van der Waals surface area contributed by atoms with Crippen molar-refractivity contribution >= 4 is 11.8 Å². The molecule has 2 heterocycles. The van der Waals surface area contributed by atoms with Gasteiger partial charge in [0.2, 0.25) is 34.8 Å². The van der Waals surface area contributed by atoms with E-state index in [2.05, 4.69) is 58.3 Å². The molecule has 2 saturated heterocycles. The van der Waals surface area contributed by atoms with Gasteiger partial charge in [0.1, 0.15) is 11.5 Å². The molecule has 7 aromatic rings. The smallest absolute Gasteiger partial charge is 0.253 e. The number of carbonyl (C=O) groups is 2. The first-order valence-electron chi connectivity index (χ1n) is 21.9. The zero-order valence-corrected chi connectivity index (χ0v) is 35.9. The van der Waals surface area contributed by atoms with E-state index in [-0.39, 0.29) is 35.4 Å². The minimum atomic E-state index is -1.81. The monoisotopic (exact) mass is 890 g/mol. The summed E-state index contributed by atoms with van der Waals surface area (Å²) in [5.41, 5.74) is 5.26. The van der Waals surface area contributed by atoms with Crippen LogP contribution in [0, 0.1) is 23.3 Å². The molecule has 2 aliphatic heterocycles. The lowest BCUT2D eigenvalue weighted by Gasteiger charge is -2.39. The van der Waals surface area contributed by atoms with Gasteiger partial charge in [-0.2, -0.15) is 17.6 Å². The maximum Gasteiger partial charge on any atom is 0.253 e. The molecular formula is C54H46F4N4O4. The second-order valence-electron chi connectivity index (χ2n) is 16.3. The van der Waals surface area contributed by atoms with E-state index in [4.69, 9.17) is 9.47 Å². The molecule has 12 heteroatoms. The Labute approximate surface area is 380 Å². The third-order valence-corrected chi connectivity index (χ3v) is 12.2. The van der Waals surface area contributed by atoms with Crippen LogP contribution in [-0.2, 0) is 0 Å². The van der Waals surface area contributed by atoms with Gasteiger partial charge in [-0.15, -0.1) is 0 Å². The van der Waals surface area contributed by atoms with Crippen molar-refractivity contribution in [3.63, 3.8) is 0 Å². The van der Waals surface area contributed by atoms with Crippen molar-refractivity contribution in [1.82, 2.24) is 19.6 Å². The quantitative estimate of drug-likeness (QED) is 0.0899. The van der Waals surface area contributed by atoms with Gasteiger partial charge in [-0.05, 0) is 70.8 Å². The lowest BCUT2D eigenvalue weighted by molar-refractivity contribution is 0.0591. The number of rotatable bonds is 12. The number of piperazine rings is 2. The van der Waals surface area contributed by atoms with Crippen molar-refractivity contribution in [3.05, 3.63) is 227 Å². The van der Waals surface area contributed by atoms with Gasteiger partial charge in [-0.3, -0.25) is 19.4 Å². The SMILES string of the molecule is O=C(c1ccc(Oc2c(F)c(F)c(Oc3ccc(C(=O)N4CCN(C(c5ccccc5)c5ccccc5)CC4)cc3)c(F)c2F)cc1)N1CCN(C(c2ccccc2)c2ccccc2)CC1. The molecular weight excluding hydrogens is 845 g/mol. The number of halogens is 4. The Hall–Kier alpha value is -7.28. The first-order valence-corrected chi connectivity index (χ1v) is 21.9. The zero-order chi connectivity index (χ0) is 45.6. The van der Waals surface area contributed by atoms with Crippen molar-refractivity contribution in [2.45, 2.75) is 12.1 Å². The molecule has 0 N–H and O–H groups in total. The average Bonchev–Trinajstić information content (AvgIpc) is 3.38. The minimum absolute atomic E-state index is 0.0272. The summed E-state index contributed by atoms with van der Waals surface area (Å²) in [7, 11) is 0. The van der Waals surface area contributed by atoms with Crippen LogP contribution in [0.2, 0.25) is 0 Å². The van der Waals surface area contributed by atoms with E-state index in [9.17, 15) is 9.59 Å². The van der Waals surface area contributed by atoms with E-state index in [1.165, 1.54) is 48.5 Å². The average molecular weight is 891 g/mol. The van der Waals surface area contributed by atoms with Crippen LogP contribution in [0.4, 0.5) is 17.6 Å². The summed E-state index contributed by atoms with van der Waals surface area (Å²) in [6.45, 7) is 4.42. The highest BCUT2D eigenvalue weighted by atomic mass is 19.2. The van der Waals surface area contributed by atoms with E-state index in [0.717, 1.165) is 22.3 Å². The van der Waals surface area contributed by atoms with Crippen LogP contribution in [0.5, 0.6) is 23.0 Å². The van der Waals surface area contributed by atoms with Gasteiger partial charge in [-0.25, -0.2) is 0 Å². The van der Waals surface area contributed by atoms with Gasteiger partial charge in [0.05, 0.1) is 12.1 Å². The molecule has 2 fully saturated rings. The molecule has 66 heavy (non-hydrogen) atoms. The van der Waals surface area contributed by atoms with Gasteiger partial charge in [0.15, 0.2) is 0 Å². The van der Waals surface area contributed by atoms with Crippen molar-refractivity contribution in [2.75, 3.05) is 52.4 Å². The number of nitrogens with zero attached hydrogens (tertiary/aromatic N) is 4. The lowest BCUT2D eigenvalue weighted by atomic mass is 9.96. The molecule has 0 aromatic heterocycles. The van der Waals surface area contributed by atoms with Crippen LogP contribution in [0.3, 0.4) is 0 Å². The highest BCUT2D eigenvalue weighted by Gasteiger charge is 2.32. The highest BCUT2D eigenvalue weighted by molar-refractivity contribution is 5.95. The number of carbonyl (C=O) groups excluding carboxylic acids is 2. The van der Waals surface area contributed by atoms with E-state index >= 15 is 17.6 Å². The Morgan fingerprint density at radius 1 is 0.364 bits per heavy atom. The first kappa shape index (κ1) is 43.9. The molecule has 2 aliphatic rings. The second kappa shape index (κ2) is 19.9. The third kappa shape index (κ3) is 9.42. The van der Waals surface area contributed by atoms with E-state index in [0.29, 0.717) is 63.5 Å². The highest BCUT2D eigenvalue weighted by Crippen LogP contribution is 2.39. The van der Waals surface area contributed by atoms with Gasteiger partial charge >= 0.3 is 0 Å². The summed E-state index contributed by atoms with van der Waals surface area (Å²) in [6, 6.07) is 51.9. The third-order valence-electron chi connectivity index (χ3n) is 12.2. The molecule has 0 spiro atoms. The summed E-state index contributed by atoms with van der Waals surface area (Å²) in [5, 5.41) is 0. The summed E-state index contributed by atoms with van der Waals surface area (Å²) in [5.74, 6) is -10.6. The molecule has 0 atom stereocenters. The fourth-order valence-electron chi connectivity index (χ4n) is 8.84. The van der Waals surface area contributed by atoms with E-state index in [1.807, 2.05) is 72.8 Å². The fraction of sp³-hybridized carbons (Fsp3) is 0.185. The standard InChI is InChI=1S/C54H46F4N4O4/c55-45-47(57)52(66-44-27-23-42(24-28-44)54(64)62-35-31-60(32-36-62)50(39-17-9-3-10-18-39)40-19-11-4-12-20-40)48(58)46(56)51(45)65-43-25-21-41(22-26-43)53(63)61-33-29-59(30-34-61)49(37-13-5-1-6-14-37)38-15-7-2-8-16-38/h1-28,49-50H,29-36H2. The summed E-state index contributed by atoms with van der Waals surface area (Å²) < 4.78 is 72.2. The largest absolute Gasteiger partial charge is 0.451 e. The molecule has 0 aliphatic carbocycles. The molecule has 334 valence electrons. The van der Waals surface area contributed by atoms with Gasteiger partial charge < -0.3 is 19.3 Å². The fourth-order valence-corrected chi connectivity index (χ4v) is 8.84. The number of hydrogen-bond donors (Lipinski definition) is 0. The minimum Gasteiger partial charge on any atom is -0.451 e. The summed E-state index contributed by atoms with van der Waals surface area (Å²) in [4.78, 5) is 35.2. The Balaban J connectivity index is 0.806. The number of amides is 2. The molecule has 0 bridgehead atoms. The maximum atomic E-state index is 15.4. The molecule has 7 aromatic carbocycles. The number of ether oxygens (including phenoxy) is 2. The van der Waals surface area contributed by atoms with Crippen molar-refractivity contribution in [3.8, 4) is 23.0 Å². The van der Waals surface area contributed by atoms with Gasteiger partial charge in [-0.1, -0.05) is 121 Å². The van der Waals surface area contributed by atoms with Crippen LogP contribution in [0.25, 0.3) is 0 Å². The molecule has 2 amide bonds. The molecule has 0 unspecified atom stereocenters. The van der Waals surface area contributed by atoms with E-state index in [1.54, 1.807) is 9.80 Å². The van der Waals surface area contributed by atoms with Crippen molar-refractivity contribution < 1.29 is 36.6 Å². The normalized spacial score (nSPS) is 14.7. The second-order valence-corrected chi connectivity index (χ2v) is 16.3. The Morgan fingerprint density at radius 2 is 0.621 bits per heavy atom. The van der Waals surface area contributed by atoms with Crippen LogP contribution in [0.15, 0.2) is 170 Å². The number of hydrogen-bond acceptors (Lipinski definition) is 6. The molecule has 8 nitrogen and oxygen atoms in total. The number of benzene rings is 7. The first-order chi connectivity index (χ1) is 32.2. The van der Waals surface area contributed by atoms with Crippen LogP contribution in [-0.4, -0.2) is 83.8 Å². The van der Waals surface area contributed by atoms with Gasteiger partial charge in [0, 0.05) is 63.5 Å². The molecule has 9 rings (SSSR count). The summed E-state index contributed by atoms with van der Waals surface area (Å²) in [6.07, 6.45) is 0. The maximum absolute atomic E-state index is 15.4. The summed E-state index contributed by atoms with van der Waals surface area (Å²) >= 11 is 0. The van der Waals surface area contributed by atoms with E-state index < -0.39 is 34.8 Å². The topological polar surface area (TPSA) is 65.6 Å². The lowest BCUT2D eigenvalue weighted by Crippen LogP contribution is -2.49. The Bertz CT molecular complexity index is 2450. The predicted octanol–water partition coefficient (Wildman–Crippen LogP) is 10.9. The predicted molar refractivity (Wildman–Crippen MR) is 244 cm³/mol. The van der Waals surface area contributed by atoms with Crippen LogP contribution < -0.4 is 9.47 Å². The van der Waals surface area contributed by atoms with Gasteiger partial charge in [0.25, 0.3) is 11.8 Å². The van der Waals surface area contributed by atoms with Crippen LogP contribution in [0.1, 0.15) is 55.1 Å². The Kier molecular flexibility index (Phi) is 13.2. The van der Waals surface area contributed by atoms with Crippen molar-refractivity contribution in [1.29, 1.82) is 0 Å². The van der Waals surface area contributed by atoms with Crippen LogP contribution >= 0.6 is 0 Å². The molecule has 0 radical (unpaired) electrons. The zero-order valence-electron chi connectivity index (χ0n) is 35.9. The molecule has 0 saturated carbocycles.